The number of fused-ring (bicyclic) bond motifs is 1. The van der Waals surface area contributed by atoms with Crippen LogP contribution in [0.25, 0.3) is 0 Å². The average molecular weight is 291 g/mol. The van der Waals surface area contributed by atoms with Crippen LogP contribution in [-0.2, 0) is 0 Å². The van der Waals surface area contributed by atoms with Gasteiger partial charge in [-0.1, -0.05) is 13.0 Å². The summed E-state index contributed by atoms with van der Waals surface area (Å²) in [7, 11) is 0. The van der Waals surface area contributed by atoms with E-state index < -0.39 is 18.3 Å². The van der Waals surface area contributed by atoms with Gasteiger partial charge in [-0.3, -0.25) is 4.99 Å². The van der Waals surface area contributed by atoms with Gasteiger partial charge in [0.2, 0.25) is 0 Å². The molecule has 1 aromatic rings. The molecular weight excluding hydrogens is 270 g/mol. The molecule has 0 spiro atoms. The molecule has 5 heteroatoms. The highest BCUT2D eigenvalue weighted by Crippen LogP contribution is 2.44. The van der Waals surface area contributed by atoms with Crippen molar-refractivity contribution in [3.8, 4) is 5.75 Å². The van der Waals surface area contributed by atoms with Gasteiger partial charge in [0.1, 0.15) is 12.4 Å². The van der Waals surface area contributed by atoms with Crippen molar-refractivity contribution in [2.45, 2.75) is 44.1 Å². The van der Waals surface area contributed by atoms with Crippen LogP contribution in [-0.4, -0.2) is 40.3 Å². The van der Waals surface area contributed by atoms with Crippen molar-refractivity contribution in [2.24, 2.45) is 10.9 Å². The van der Waals surface area contributed by atoms with Gasteiger partial charge in [-0.05, 0) is 36.1 Å². The first kappa shape index (κ1) is 14.5. The van der Waals surface area contributed by atoms with Gasteiger partial charge in [0.25, 0.3) is 0 Å². The van der Waals surface area contributed by atoms with Crippen LogP contribution in [0.3, 0.4) is 0 Å². The lowest BCUT2D eigenvalue weighted by Crippen LogP contribution is -2.28. The van der Waals surface area contributed by atoms with E-state index in [0.29, 0.717) is 24.2 Å². The first-order valence-corrected chi connectivity index (χ1v) is 7.44. The van der Waals surface area contributed by atoms with Crippen molar-refractivity contribution in [3.63, 3.8) is 0 Å². The van der Waals surface area contributed by atoms with Crippen molar-refractivity contribution in [2.75, 3.05) is 6.61 Å². The molecule has 2 aliphatic rings. The number of benzene rings is 1. The number of aliphatic hydroxyl groups excluding tert-OH is 3. The van der Waals surface area contributed by atoms with Crippen LogP contribution in [0.5, 0.6) is 5.75 Å². The normalized spacial score (nSPS) is 31.6. The molecule has 114 valence electrons. The Morgan fingerprint density at radius 2 is 2.10 bits per heavy atom. The molecule has 5 nitrogen and oxygen atoms in total. The fourth-order valence-electron chi connectivity index (χ4n) is 2.85. The summed E-state index contributed by atoms with van der Waals surface area (Å²) in [6, 6.07) is 5.40. The molecule has 0 fully saturated rings. The minimum Gasteiger partial charge on any atom is -0.491 e. The zero-order valence-corrected chi connectivity index (χ0v) is 12.0. The number of hydrogen-bond acceptors (Lipinski definition) is 5. The van der Waals surface area contributed by atoms with Crippen LogP contribution in [0, 0.1) is 5.92 Å². The lowest BCUT2D eigenvalue weighted by atomic mass is 9.78. The van der Waals surface area contributed by atoms with Crippen LogP contribution in [0.2, 0.25) is 0 Å². The highest BCUT2D eigenvalue weighted by Gasteiger charge is 2.40. The Hall–Kier alpha value is -1.43. The summed E-state index contributed by atoms with van der Waals surface area (Å²) in [4.78, 5) is 4.11. The Morgan fingerprint density at radius 3 is 2.76 bits per heavy atom. The number of aliphatic hydroxyl groups is 3. The van der Waals surface area contributed by atoms with Gasteiger partial charge in [0.15, 0.2) is 0 Å². The Labute approximate surface area is 123 Å². The SMILES string of the molecule is CCC(O)COc1ccc2c(c1)C(O)CC(C1C=N1)C2O. The molecule has 0 aromatic heterocycles. The molecule has 0 saturated heterocycles. The minimum absolute atomic E-state index is 0.0406. The molecule has 21 heavy (non-hydrogen) atoms. The summed E-state index contributed by atoms with van der Waals surface area (Å²) in [5.41, 5.74) is 1.46. The van der Waals surface area contributed by atoms with Crippen LogP contribution in [0.15, 0.2) is 23.2 Å². The predicted octanol–water partition coefficient (Wildman–Crippen LogP) is 1.38. The second-order valence-electron chi connectivity index (χ2n) is 5.81. The largest absolute Gasteiger partial charge is 0.491 e. The summed E-state index contributed by atoms with van der Waals surface area (Å²) in [6.07, 6.45) is 1.24. The van der Waals surface area contributed by atoms with E-state index in [1.54, 1.807) is 18.2 Å². The Bertz CT molecular complexity index is 539. The molecule has 3 rings (SSSR count). The van der Waals surface area contributed by atoms with Gasteiger partial charge >= 0.3 is 0 Å². The van der Waals surface area contributed by atoms with E-state index in [1.807, 2.05) is 13.1 Å². The molecule has 1 heterocycles. The first-order valence-electron chi connectivity index (χ1n) is 7.44. The topological polar surface area (TPSA) is 82.3 Å². The average Bonchev–Trinajstić information content (AvgIpc) is 3.33. The Balaban J connectivity index is 1.77. The quantitative estimate of drug-likeness (QED) is 0.765. The van der Waals surface area contributed by atoms with Crippen molar-refractivity contribution < 1.29 is 20.1 Å². The van der Waals surface area contributed by atoms with Gasteiger partial charge in [-0.25, -0.2) is 0 Å². The lowest BCUT2D eigenvalue weighted by molar-refractivity contribution is 0.0396. The zero-order chi connectivity index (χ0) is 15.0. The molecule has 1 aromatic carbocycles. The summed E-state index contributed by atoms with van der Waals surface area (Å²) < 4.78 is 5.53. The van der Waals surface area contributed by atoms with Crippen molar-refractivity contribution in [1.29, 1.82) is 0 Å². The zero-order valence-electron chi connectivity index (χ0n) is 12.0. The molecule has 0 amide bonds. The fourth-order valence-corrected chi connectivity index (χ4v) is 2.85. The van der Waals surface area contributed by atoms with E-state index >= 15 is 0 Å². The van der Waals surface area contributed by atoms with Crippen LogP contribution < -0.4 is 4.74 Å². The summed E-state index contributed by atoms with van der Waals surface area (Å²) in [5, 5.41) is 30.3. The smallest absolute Gasteiger partial charge is 0.119 e. The van der Waals surface area contributed by atoms with Gasteiger partial charge in [-0.15, -0.1) is 0 Å². The van der Waals surface area contributed by atoms with Gasteiger partial charge in [-0.2, -0.15) is 0 Å². The van der Waals surface area contributed by atoms with E-state index in [2.05, 4.69) is 4.99 Å². The number of ether oxygens (including phenoxy) is 1. The van der Waals surface area contributed by atoms with E-state index in [0.717, 1.165) is 5.56 Å². The minimum atomic E-state index is -0.614. The number of aliphatic imine (C=N–C) groups is 1. The van der Waals surface area contributed by atoms with E-state index in [4.69, 9.17) is 4.74 Å². The molecule has 3 N–H and O–H groups in total. The molecule has 5 atom stereocenters. The lowest BCUT2D eigenvalue weighted by Gasteiger charge is -2.33. The van der Waals surface area contributed by atoms with E-state index in [9.17, 15) is 15.3 Å². The molecule has 0 radical (unpaired) electrons. The van der Waals surface area contributed by atoms with E-state index in [1.165, 1.54) is 0 Å². The summed E-state index contributed by atoms with van der Waals surface area (Å²) in [6.45, 7) is 2.12. The third-order valence-corrected chi connectivity index (χ3v) is 4.31. The van der Waals surface area contributed by atoms with Gasteiger partial charge < -0.3 is 20.1 Å². The van der Waals surface area contributed by atoms with Crippen molar-refractivity contribution >= 4 is 6.21 Å². The molecule has 0 saturated carbocycles. The molecule has 0 bridgehead atoms. The Kier molecular flexibility index (Phi) is 3.97. The molecular formula is C16H21NO4. The predicted molar refractivity (Wildman–Crippen MR) is 78.5 cm³/mol. The van der Waals surface area contributed by atoms with Gasteiger partial charge in [0, 0.05) is 12.1 Å². The molecule has 5 unspecified atom stereocenters. The third-order valence-electron chi connectivity index (χ3n) is 4.31. The highest BCUT2D eigenvalue weighted by molar-refractivity contribution is 5.78. The highest BCUT2D eigenvalue weighted by atomic mass is 16.5. The van der Waals surface area contributed by atoms with Gasteiger partial charge in [0.05, 0.1) is 24.4 Å². The standard InChI is InChI=1S/C16H21NO4/c1-2-9(18)8-21-10-3-4-11-12(5-10)15(19)6-13(16(11)20)14-7-17-14/h3-5,7,9,13-16,18-20H,2,6,8H2,1H3. The number of nitrogens with zero attached hydrogens (tertiary/aromatic N) is 1. The molecule has 1 aliphatic carbocycles. The van der Waals surface area contributed by atoms with E-state index in [-0.39, 0.29) is 18.6 Å². The second-order valence-corrected chi connectivity index (χ2v) is 5.81. The van der Waals surface area contributed by atoms with Crippen LogP contribution >= 0.6 is 0 Å². The maximum Gasteiger partial charge on any atom is 0.119 e. The van der Waals surface area contributed by atoms with Crippen molar-refractivity contribution in [1.82, 2.24) is 0 Å². The van der Waals surface area contributed by atoms with Crippen LogP contribution in [0.1, 0.15) is 43.1 Å². The number of rotatable bonds is 5. The van der Waals surface area contributed by atoms with Crippen molar-refractivity contribution in [3.05, 3.63) is 29.3 Å². The second kappa shape index (κ2) is 5.75. The fraction of sp³-hybridized carbons (Fsp3) is 0.562. The maximum absolute atomic E-state index is 10.4. The Morgan fingerprint density at radius 1 is 1.33 bits per heavy atom. The summed E-state index contributed by atoms with van der Waals surface area (Å²) in [5.74, 6) is 0.565. The number of hydrogen-bond donors (Lipinski definition) is 3. The van der Waals surface area contributed by atoms with Crippen LogP contribution in [0.4, 0.5) is 0 Å². The first-order chi connectivity index (χ1) is 10.1. The molecule has 1 aliphatic heterocycles. The maximum atomic E-state index is 10.4. The summed E-state index contributed by atoms with van der Waals surface area (Å²) >= 11 is 0. The third kappa shape index (κ3) is 2.95. The monoisotopic (exact) mass is 291 g/mol.